The summed E-state index contributed by atoms with van der Waals surface area (Å²) in [6.45, 7) is -0.0566. The molecule has 1 aliphatic rings. The van der Waals surface area contributed by atoms with E-state index in [4.69, 9.17) is 0 Å². The van der Waals surface area contributed by atoms with Crippen LogP contribution >= 0.6 is 0 Å². The van der Waals surface area contributed by atoms with Gasteiger partial charge in [-0.25, -0.2) is 4.79 Å². The van der Waals surface area contributed by atoms with E-state index in [2.05, 4.69) is 4.98 Å². The van der Waals surface area contributed by atoms with Crippen LogP contribution in [0.25, 0.3) is 0 Å². The predicted molar refractivity (Wildman–Crippen MR) is 50.2 cm³/mol. The van der Waals surface area contributed by atoms with Gasteiger partial charge in [-0.3, -0.25) is 14.3 Å². The zero-order valence-corrected chi connectivity index (χ0v) is 7.69. The Kier molecular flexibility index (Phi) is 2.03. The number of nitrogens with zero attached hydrogens (tertiary/aromatic N) is 1. The molecular formula is C9H12N2O3. The molecule has 0 unspecified atom stereocenters. The second-order valence-electron chi connectivity index (χ2n) is 3.72. The number of aromatic amines is 1. The minimum absolute atomic E-state index is 0.0566. The number of aliphatic hydroxyl groups is 1. The van der Waals surface area contributed by atoms with Gasteiger partial charge >= 0.3 is 5.69 Å². The number of H-pyrrole nitrogens is 1. The maximum atomic E-state index is 11.4. The first-order valence-electron chi connectivity index (χ1n) is 4.61. The first-order chi connectivity index (χ1) is 6.68. The smallest absolute Gasteiger partial charge is 0.328 e. The topological polar surface area (TPSA) is 75.1 Å². The van der Waals surface area contributed by atoms with E-state index in [0.717, 1.165) is 19.3 Å². The lowest BCUT2D eigenvalue weighted by molar-refractivity contribution is 0.0506. The molecule has 1 aliphatic carbocycles. The fraction of sp³-hybridized carbons (Fsp3) is 0.556. The highest BCUT2D eigenvalue weighted by Crippen LogP contribution is 2.37. The van der Waals surface area contributed by atoms with Crippen LogP contribution in [0.5, 0.6) is 0 Å². The van der Waals surface area contributed by atoms with Crippen LogP contribution in [0.4, 0.5) is 0 Å². The number of rotatable bonds is 2. The van der Waals surface area contributed by atoms with E-state index < -0.39 is 16.8 Å². The third-order valence-electron chi connectivity index (χ3n) is 2.91. The summed E-state index contributed by atoms with van der Waals surface area (Å²) in [5.74, 6) is 0. The molecule has 1 fully saturated rings. The van der Waals surface area contributed by atoms with Crippen molar-refractivity contribution in [3.05, 3.63) is 33.1 Å². The Balaban J connectivity index is 2.50. The lowest BCUT2D eigenvalue weighted by Crippen LogP contribution is -2.50. The monoisotopic (exact) mass is 196 g/mol. The van der Waals surface area contributed by atoms with Crippen molar-refractivity contribution in [3.8, 4) is 0 Å². The first-order valence-corrected chi connectivity index (χ1v) is 4.61. The molecular weight excluding hydrogens is 184 g/mol. The highest BCUT2D eigenvalue weighted by atomic mass is 16.3. The molecule has 76 valence electrons. The van der Waals surface area contributed by atoms with E-state index in [1.807, 2.05) is 0 Å². The van der Waals surface area contributed by atoms with Crippen LogP contribution < -0.4 is 11.2 Å². The van der Waals surface area contributed by atoms with Crippen molar-refractivity contribution >= 4 is 0 Å². The van der Waals surface area contributed by atoms with Crippen molar-refractivity contribution < 1.29 is 5.11 Å². The van der Waals surface area contributed by atoms with E-state index in [0.29, 0.717) is 0 Å². The molecule has 0 saturated heterocycles. The molecule has 0 spiro atoms. The quantitative estimate of drug-likeness (QED) is 0.663. The molecule has 0 radical (unpaired) electrons. The summed E-state index contributed by atoms with van der Waals surface area (Å²) >= 11 is 0. The molecule has 2 rings (SSSR count). The summed E-state index contributed by atoms with van der Waals surface area (Å²) < 4.78 is 1.43. The Morgan fingerprint density at radius 3 is 2.64 bits per heavy atom. The van der Waals surface area contributed by atoms with Gasteiger partial charge in [-0.15, -0.1) is 0 Å². The molecule has 1 heterocycles. The van der Waals surface area contributed by atoms with Gasteiger partial charge in [-0.1, -0.05) is 0 Å². The average Bonchev–Trinajstić information content (AvgIpc) is 2.07. The second-order valence-corrected chi connectivity index (χ2v) is 3.72. The minimum Gasteiger partial charge on any atom is -0.394 e. The van der Waals surface area contributed by atoms with Gasteiger partial charge in [0.2, 0.25) is 0 Å². The maximum absolute atomic E-state index is 11.4. The average molecular weight is 196 g/mol. The minimum atomic E-state index is -0.471. The van der Waals surface area contributed by atoms with Crippen molar-refractivity contribution in [1.29, 1.82) is 0 Å². The van der Waals surface area contributed by atoms with Crippen molar-refractivity contribution in [2.24, 2.45) is 0 Å². The predicted octanol–water partition coefficient (Wildman–Crippen LogP) is -0.592. The van der Waals surface area contributed by atoms with Crippen LogP contribution in [-0.4, -0.2) is 21.3 Å². The molecule has 14 heavy (non-hydrogen) atoms. The Labute approximate surface area is 80.0 Å². The summed E-state index contributed by atoms with van der Waals surface area (Å²) in [6, 6.07) is 1.30. The second kappa shape index (κ2) is 3.09. The van der Waals surface area contributed by atoms with Crippen LogP contribution in [0, 0.1) is 0 Å². The van der Waals surface area contributed by atoms with E-state index in [1.54, 1.807) is 0 Å². The Morgan fingerprint density at radius 2 is 2.21 bits per heavy atom. The Morgan fingerprint density at radius 1 is 1.50 bits per heavy atom. The van der Waals surface area contributed by atoms with Crippen LogP contribution in [0.1, 0.15) is 19.3 Å². The Bertz CT molecular complexity index is 436. The first kappa shape index (κ1) is 9.21. The zero-order chi connectivity index (χ0) is 10.2. The van der Waals surface area contributed by atoms with Crippen LogP contribution in [-0.2, 0) is 5.54 Å². The molecule has 0 aliphatic heterocycles. The maximum Gasteiger partial charge on any atom is 0.328 e. The van der Waals surface area contributed by atoms with Crippen molar-refractivity contribution in [3.63, 3.8) is 0 Å². The molecule has 5 heteroatoms. The number of hydrogen-bond donors (Lipinski definition) is 2. The van der Waals surface area contributed by atoms with Gasteiger partial charge in [0.25, 0.3) is 5.56 Å². The fourth-order valence-corrected chi connectivity index (χ4v) is 1.85. The fourth-order valence-electron chi connectivity index (χ4n) is 1.85. The number of aliphatic hydroxyl groups excluding tert-OH is 1. The lowest BCUT2D eigenvalue weighted by Gasteiger charge is -2.41. The summed E-state index contributed by atoms with van der Waals surface area (Å²) in [7, 11) is 0. The van der Waals surface area contributed by atoms with Crippen LogP contribution in [0.15, 0.2) is 21.9 Å². The zero-order valence-electron chi connectivity index (χ0n) is 7.69. The van der Waals surface area contributed by atoms with Gasteiger partial charge in [0.15, 0.2) is 0 Å². The van der Waals surface area contributed by atoms with Crippen molar-refractivity contribution in [2.75, 3.05) is 6.61 Å². The lowest BCUT2D eigenvalue weighted by atomic mass is 9.77. The molecule has 2 N–H and O–H groups in total. The summed E-state index contributed by atoms with van der Waals surface area (Å²) in [5.41, 5.74) is -1.31. The molecule has 1 saturated carbocycles. The Hall–Kier alpha value is -1.36. The van der Waals surface area contributed by atoms with Gasteiger partial charge in [0.1, 0.15) is 0 Å². The number of aromatic nitrogens is 2. The number of nitrogens with one attached hydrogen (secondary N) is 1. The molecule has 1 aromatic rings. The molecule has 0 bridgehead atoms. The van der Waals surface area contributed by atoms with Crippen molar-refractivity contribution in [2.45, 2.75) is 24.8 Å². The van der Waals surface area contributed by atoms with Gasteiger partial charge < -0.3 is 5.11 Å². The van der Waals surface area contributed by atoms with Gasteiger partial charge in [0, 0.05) is 12.3 Å². The summed E-state index contributed by atoms with van der Waals surface area (Å²) in [6.07, 6.45) is 4.04. The van der Waals surface area contributed by atoms with E-state index >= 15 is 0 Å². The van der Waals surface area contributed by atoms with Gasteiger partial charge in [-0.05, 0) is 19.3 Å². The van der Waals surface area contributed by atoms with Crippen LogP contribution in [0.3, 0.4) is 0 Å². The molecule has 1 aromatic heterocycles. The standard InChI is InChI=1S/C9H12N2O3/c12-6-9(3-1-4-9)11-5-2-7(13)10-8(11)14/h2,5,12H,1,3-4,6H2,(H,10,13,14). The van der Waals surface area contributed by atoms with Gasteiger partial charge in [-0.2, -0.15) is 0 Å². The van der Waals surface area contributed by atoms with E-state index in [-0.39, 0.29) is 6.61 Å². The normalized spacial score (nSPS) is 18.9. The van der Waals surface area contributed by atoms with Crippen LogP contribution in [0.2, 0.25) is 0 Å². The van der Waals surface area contributed by atoms with Crippen molar-refractivity contribution in [1.82, 2.24) is 9.55 Å². The summed E-state index contributed by atoms with van der Waals surface area (Å²) in [5, 5.41) is 9.23. The number of hydrogen-bond acceptors (Lipinski definition) is 3. The highest BCUT2D eigenvalue weighted by molar-refractivity contribution is 4.98. The molecule has 0 atom stereocenters. The third kappa shape index (κ3) is 1.21. The van der Waals surface area contributed by atoms with Gasteiger partial charge in [0.05, 0.1) is 12.1 Å². The highest BCUT2D eigenvalue weighted by Gasteiger charge is 2.38. The van der Waals surface area contributed by atoms with E-state index in [1.165, 1.54) is 16.8 Å². The molecule has 0 amide bonds. The molecule has 5 nitrogen and oxygen atoms in total. The van der Waals surface area contributed by atoms with E-state index in [9.17, 15) is 14.7 Å². The SMILES string of the molecule is O=c1ccn(C2(CO)CCC2)c(=O)[nH]1. The summed E-state index contributed by atoms with van der Waals surface area (Å²) in [4.78, 5) is 24.5. The molecule has 0 aromatic carbocycles. The third-order valence-corrected chi connectivity index (χ3v) is 2.91. The largest absolute Gasteiger partial charge is 0.394 e.